The summed E-state index contributed by atoms with van der Waals surface area (Å²) in [6.07, 6.45) is 0. The van der Waals surface area contributed by atoms with Crippen LogP contribution in [-0.2, 0) is 0 Å². The molecule has 98 valence electrons. The predicted molar refractivity (Wildman–Crippen MR) is 71.6 cm³/mol. The summed E-state index contributed by atoms with van der Waals surface area (Å²) in [6, 6.07) is 8.81. The molecule has 6 nitrogen and oxygen atoms in total. The highest BCUT2D eigenvalue weighted by Gasteiger charge is 2.08. The molecule has 0 aliphatic carbocycles. The van der Waals surface area contributed by atoms with Crippen molar-refractivity contribution in [2.24, 2.45) is 5.73 Å². The molecule has 0 saturated heterocycles. The van der Waals surface area contributed by atoms with Gasteiger partial charge in [-0.15, -0.1) is 0 Å². The standard InChI is InChI=1S/C13H14N4O2/c1-2-19-9-5-3-8(4-6-9)10-7-11(12(14)18)17-13(15)16-10/h3-7H,2H2,1H3,(H2,14,18)(H2,15,16,17). The maximum atomic E-state index is 11.1. The van der Waals surface area contributed by atoms with Crippen molar-refractivity contribution in [3.05, 3.63) is 36.0 Å². The van der Waals surface area contributed by atoms with Crippen LogP contribution in [0.25, 0.3) is 11.3 Å². The van der Waals surface area contributed by atoms with Crippen molar-refractivity contribution >= 4 is 11.9 Å². The highest BCUT2D eigenvalue weighted by molar-refractivity contribution is 5.92. The fraction of sp³-hybridized carbons (Fsp3) is 0.154. The minimum atomic E-state index is -0.638. The minimum Gasteiger partial charge on any atom is -0.494 e. The molecule has 0 aliphatic heterocycles. The van der Waals surface area contributed by atoms with Gasteiger partial charge < -0.3 is 16.2 Å². The SMILES string of the molecule is CCOc1ccc(-c2cc(C(N)=O)nc(N)n2)cc1. The molecule has 0 fully saturated rings. The van der Waals surface area contributed by atoms with Gasteiger partial charge in [-0.3, -0.25) is 4.79 Å². The second-order valence-corrected chi connectivity index (χ2v) is 3.82. The second kappa shape index (κ2) is 5.34. The normalized spacial score (nSPS) is 10.2. The van der Waals surface area contributed by atoms with E-state index in [9.17, 15) is 4.79 Å². The highest BCUT2D eigenvalue weighted by atomic mass is 16.5. The smallest absolute Gasteiger partial charge is 0.267 e. The molecule has 0 radical (unpaired) electrons. The van der Waals surface area contributed by atoms with E-state index >= 15 is 0 Å². The third-order valence-electron chi connectivity index (χ3n) is 2.46. The molecule has 19 heavy (non-hydrogen) atoms. The van der Waals surface area contributed by atoms with Gasteiger partial charge in [0.25, 0.3) is 5.91 Å². The van der Waals surface area contributed by atoms with E-state index in [2.05, 4.69) is 9.97 Å². The zero-order valence-corrected chi connectivity index (χ0v) is 10.5. The van der Waals surface area contributed by atoms with Gasteiger partial charge >= 0.3 is 0 Å². The second-order valence-electron chi connectivity index (χ2n) is 3.82. The number of benzene rings is 1. The molecule has 1 aromatic carbocycles. The van der Waals surface area contributed by atoms with Gasteiger partial charge in [-0.05, 0) is 37.3 Å². The molecule has 0 unspecified atom stereocenters. The van der Waals surface area contributed by atoms with Gasteiger partial charge in [-0.2, -0.15) is 0 Å². The van der Waals surface area contributed by atoms with Crippen molar-refractivity contribution in [3.8, 4) is 17.0 Å². The van der Waals surface area contributed by atoms with Gasteiger partial charge in [0.1, 0.15) is 11.4 Å². The first-order valence-electron chi connectivity index (χ1n) is 5.77. The maximum Gasteiger partial charge on any atom is 0.267 e. The lowest BCUT2D eigenvalue weighted by atomic mass is 10.1. The van der Waals surface area contributed by atoms with Crippen LogP contribution < -0.4 is 16.2 Å². The van der Waals surface area contributed by atoms with Gasteiger partial charge in [-0.25, -0.2) is 9.97 Å². The molecule has 4 N–H and O–H groups in total. The third-order valence-corrected chi connectivity index (χ3v) is 2.46. The molecule has 0 bridgehead atoms. The van der Waals surface area contributed by atoms with Crippen LogP contribution in [0.4, 0.5) is 5.95 Å². The summed E-state index contributed by atoms with van der Waals surface area (Å²) in [5.41, 5.74) is 12.2. The lowest BCUT2D eigenvalue weighted by Crippen LogP contribution is -2.15. The van der Waals surface area contributed by atoms with Crippen LogP contribution in [0.15, 0.2) is 30.3 Å². The summed E-state index contributed by atoms with van der Waals surface area (Å²) in [5, 5.41) is 0. The summed E-state index contributed by atoms with van der Waals surface area (Å²) < 4.78 is 5.35. The number of ether oxygens (including phenoxy) is 1. The molecule has 1 amide bonds. The molecular weight excluding hydrogens is 244 g/mol. The molecule has 0 aliphatic rings. The van der Waals surface area contributed by atoms with Crippen LogP contribution in [0.2, 0.25) is 0 Å². The summed E-state index contributed by atoms with van der Waals surface area (Å²) in [5.74, 6) is 0.143. The van der Waals surface area contributed by atoms with Gasteiger partial charge in [0.05, 0.1) is 12.3 Å². The first kappa shape index (κ1) is 12.8. The van der Waals surface area contributed by atoms with Crippen molar-refractivity contribution < 1.29 is 9.53 Å². The number of hydrogen-bond acceptors (Lipinski definition) is 5. The Labute approximate surface area is 110 Å². The first-order chi connectivity index (χ1) is 9.10. The van der Waals surface area contributed by atoms with Crippen LogP contribution in [0.1, 0.15) is 17.4 Å². The third kappa shape index (κ3) is 2.98. The number of primary amides is 1. The zero-order chi connectivity index (χ0) is 13.8. The summed E-state index contributed by atoms with van der Waals surface area (Å²) in [4.78, 5) is 19.0. The molecule has 0 saturated carbocycles. The van der Waals surface area contributed by atoms with E-state index in [1.807, 2.05) is 31.2 Å². The number of nitrogens with two attached hydrogens (primary N) is 2. The molecular formula is C13H14N4O2. The molecule has 2 rings (SSSR count). The Kier molecular flexibility index (Phi) is 3.61. The number of nitrogens with zero attached hydrogens (tertiary/aromatic N) is 2. The average molecular weight is 258 g/mol. The Hall–Kier alpha value is -2.63. The Balaban J connectivity index is 2.38. The lowest BCUT2D eigenvalue weighted by Gasteiger charge is -2.06. The average Bonchev–Trinajstić information content (AvgIpc) is 2.39. The number of aromatic nitrogens is 2. The molecule has 0 atom stereocenters. The number of amides is 1. The molecule has 2 aromatic rings. The number of nitrogen functional groups attached to an aromatic ring is 1. The largest absolute Gasteiger partial charge is 0.494 e. The summed E-state index contributed by atoms with van der Waals surface area (Å²) in [6.45, 7) is 2.52. The first-order valence-corrected chi connectivity index (χ1v) is 5.77. The van der Waals surface area contributed by atoms with E-state index in [0.717, 1.165) is 11.3 Å². The molecule has 1 heterocycles. The number of rotatable bonds is 4. The van der Waals surface area contributed by atoms with E-state index in [1.54, 1.807) is 0 Å². The number of carbonyl (C=O) groups is 1. The predicted octanol–water partition coefficient (Wildman–Crippen LogP) is 1.22. The Bertz CT molecular complexity index is 596. The highest BCUT2D eigenvalue weighted by Crippen LogP contribution is 2.21. The van der Waals surface area contributed by atoms with Crippen LogP contribution in [0.5, 0.6) is 5.75 Å². The van der Waals surface area contributed by atoms with E-state index in [4.69, 9.17) is 16.2 Å². The summed E-state index contributed by atoms with van der Waals surface area (Å²) in [7, 11) is 0. The fourth-order valence-electron chi connectivity index (χ4n) is 1.63. The monoisotopic (exact) mass is 258 g/mol. The number of carbonyl (C=O) groups excluding carboxylic acids is 1. The van der Waals surface area contributed by atoms with E-state index in [0.29, 0.717) is 12.3 Å². The molecule has 1 aromatic heterocycles. The fourth-order valence-corrected chi connectivity index (χ4v) is 1.63. The van der Waals surface area contributed by atoms with Crippen molar-refractivity contribution in [2.75, 3.05) is 12.3 Å². The van der Waals surface area contributed by atoms with Crippen molar-refractivity contribution in [1.29, 1.82) is 0 Å². The van der Waals surface area contributed by atoms with Crippen LogP contribution in [0.3, 0.4) is 0 Å². The maximum absolute atomic E-state index is 11.1. The molecule has 6 heteroatoms. The quantitative estimate of drug-likeness (QED) is 0.858. The van der Waals surface area contributed by atoms with Crippen molar-refractivity contribution in [3.63, 3.8) is 0 Å². The van der Waals surface area contributed by atoms with Gasteiger partial charge in [0, 0.05) is 5.56 Å². The zero-order valence-electron chi connectivity index (χ0n) is 10.5. The van der Waals surface area contributed by atoms with E-state index in [1.165, 1.54) is 6.07 Å². The van der Waals surface area contributed by atoms with E-state index < -0.39 is 5.91 Å². The van der Waals surface area contributed by atoms with Crippen molar-refractivity contribution in [2.45, 2.75) is 6.92 Å². The Morgan fingerprint density at radius 1 is 1.26 bits per heavy atom. The van der Waals surface area contributed by atoms with E-state index in [-0.39, 0.29) is 11.6 Å². The van der Waals surface area contributed by atoms with Gasteiger partial charge in [0.2, 0.25) is 5.95 Å². The Morgan fingerprint density at radius 2 is 1.95 bits per heavy atom. The number of anilines is 1. The lowest BCUT2D eigenvalue weighted by molar-refractivity contribution is 0.0995. The molecule has 0 spiro atoms. The van der Waals surface area contributed by atoms with Crippen LogP contribution >= 0.6 is 0 Å². The Morgan fingerprint density at radius 3 is 2.53 bits per heavy atom. The van der Waals surface area contributed by atoms with Crippen LogP contribution in [0, 0.1) is 0 Å². The minimum absolute atomic E-state index is 0.0141. The van der Waals surface area contributed by atoms with Gasteiger partial charge in [-0.1, -0.05) is 0 Å². The summed E-state index contributed by atoms with van der Waals surface area (Å²) >= 11 is 0. The number of hydrogen-bond donors (Lipinski definition) is 2. The van der Waals surface area contributed by atoms with Gasteiger partial charge in [0.15, 0.2) is 0 Å². The topological polar surface area (TPSA) is 104 Å². The van der Waals surface area contributed by atoms with Crippen LogP contribution in [-0.4, -0.2) is 22.5 Å². The van der Waals surface area contributed by atoms with Crippen molar-refractivity contribution in [1.82, 2.24) is 9.97 Å².